The molecule has 5 heteroatoms. The van der Waals surface area contributed by atoms with Gasteiger partial charge in [-0.1, -0.05) is 17.7 Å². The molecule has 0 aromatic heterocycles. The summed E-state index contributed by atoms with van der Waals surface area (Å²) in [6.45, 7) is 0. The van der Waals surface area contributed by atoms with Crippen LogP contribution < -0.4 is 5.73 Å². The molecule has 94 valence electrons. The van der Waals surface area contributed by atoms with Gasteiger partial charge in [0.25, 0.3) is 0 Å². The van der Waals surface area contributed by atoms with Gasteiger partial charge in [0.05, 0.1) is 5.69 Å². The van der Waals surface area contributed by atoms with Crippen molar-refractivity contribution in [2.75, 3.05) is 5.73 Å². The van der Waals surface area contributed by atoms with Gasteiger partial charge in [0.2, 0.25) is 0 Å². The number of halogens is 3. The lowest BCUT2D eigenvalue weighted by atomic mass is 10.2. The third kappa shape index (κ3) is 3.15. The molecule has 0 radical (unpaired) electrons. The van der Waals surface area contributed by atoms with E-state index in [0.29, 0.717) is 21.2 Å². The minimum Gasteiger partial charge on any atom is -0.396 e. The van der Waals surface area contributed by atoms with Crippen molar-refractivity contribution in [2.24, 2.45) is 0 Å². The first-order valence-electron chi connectivity index (χ1n) is 5.18. The summed E-state index contributed by atoms with van der Waals surface area (Å²) >= 11 is 7.00. The Kier molecular flexibility index (Phi) is 4.09. The predicted molar refractivity (Wildman–Crippen MR) is 71.8 cm³/mol. The van der Waals surface area contributed by atoms with E-state index < -0.39 is 5.82 Å². The van der Waals surface area contributed by atoms with Crippen LogP contribution >= 0.6 is 23.4 Å². The smallest absolute Gasteiger partial charge is 0.147 e. The van der Waals surface area contributed by atoms with Gasteiger partial charge < -0.3 is 5.73 Å². The highest BCUT2D eigenvalue weighted by atomic mass is 35.5. The quantitative estimate of drug-likeness (QED) is 0.664. The molecule has 0 saturated heterocycles. The highest BCUT2D eigenvalue weighted by Gasteiger charge is 2.05. The van der Waals surface area contributed by atoms with Crippen LogP contribution in [0.3, 0.4) is 0 Å². The molecular formula is C13H10ClF2NS. The summed E-state index contributed by atoms with van der Waals surface area (Å²) in [5, 5.41) is 0.361. The molecule has 2 rings (SSSR count). The molecule has 1 nitrogen and oxygen atoms in total. The molecule has 0 aliphatic carbocycles. The predicted octanol–water partition coefficient (Wildman–Crippen LogP) is 4.49. The Bertz CT molecular complexity index is 575. The fourth-order valence-corrected chi connectivity index (χ4v) is 2.46. The Morgan fingerprint density at radius 3 is 2.50 bits per heavy atom. The Morgan fingerprint density at radius 1 is 1.06 bits per heavy atom. The van der Waals surface area contributed by atoms with E-state index in [0.717, 1.165) is 0 Å². The maximum absolute atomic E-state index is 13.5. The van der Waals surface area contributed by atoms with Crippen molar-refractivity contribution in [3.8, 4) is 0 Å². The van der Waals surface area contributed by atoms with Crippen LogP contribution in [0, 0.1) is 11.6 Å². The van der Waals surface area contributed by atoms with Crippen molar-refractivity contribution < 1.29 is 8.78 Å². The zero-order valence-corrected chi connectivity index (χ0v) is 10.9. The van der Waals surface area contributed by atoms with Gasteiger partial charge in [-0.3, -0.25) is 0 Å². The van der Waals surface area contributed by atoms with Crippen LogP contribution in [0.1, 0.15) is 5.56 Å². The standard InChI is InChI=1S/C13H10ClF2NS/c14-9-2-1-8(11(15)5-9)7-18-10-3-4-13(17)12(16)6-10/h1-6H,7,17H2. The number of hydrogen-bond donors (Lipinski definition) is 1. The fraction of sp³-hybridized carbons (Fsp3) is 0.0769. The van der Waals surface area contributed by atoms with Gasteiger partial charge in [0.15, 0.2) is 0 Å². The number of hydrogen-bond acceptors (Lipinski definition) is 2. The minimum atomic E-state index is -0.462. The Morgan fingerprint density at radius 2 is 1.83 bits per heavy atom. The number of nitrogen functional groups attached to an aromatic ring is 1. The molecule has 0 atom stereocenters. The second-order valence-electron chi connectivity index (χ2n) is 3.71. The minimum absolute atomic E-state index is 0.108. The SMILES string of the molecule is Nc1ccc(SCc2ccc(Cl)cc2F)cc1F. The molecule has 18 heavy (non-hydrogen) atoms. The lowest BCUT2D eigenvalue weighted by Crippen LogP contribution is -1.91. The van der Waals surface area contributed by atoms with Gasteiger partial charge in [-0.15, -0.1) is 11.8 Å². The van der Waals surface area contributed by atoms with Gasteiger partial charge in [-0.25, -0.2) is 8.78 Å². The number of thioether (sulfide) groups is 1. The molecule has 0 unspecified atom stereocenters. The first-order chi connectivity index (χ1) is 8.56. The Labute approximate surface area is 113 Å². The van der Waals surface area contributed by atoms with Crippen LogP contribution in [0.5, 0.6) is 0 Å². The van der Waals surface area contributed by atoms with Gasteiger partial charge in [0.1, 0.15) is 11.6 Å². The highest BCUT2D eigenvalue weighted by molar-refractivity contribution is 7.98. The second-order valence-corrected chi connectivity index (χ2v) is 5.19. The maximum Gasteiger partial charge on any atom is 0.147 e. The summed E-state index contributed by atoms with van der Waals surface area (Å²) in [6, 6.07) is 9.06. The molecular weight excluding hydrogens is 276 g/mol. The molecule has 0 aliphatic rings. The zero-order chi connectivity index (χ0) is 13.1. The van der Waals surface area contributed by atoms with Crippen LogP contribution in [0.25, 0.3) is 0 Å². The summed E-state index contributed by atoms with van der Waals surface area (Å²) in [5.41, 5.74) is 6.02. The van der Waals surface area contributed by atoms with E-state index in [2.05, 4.69) is 0 Å². The van der Waals surface area contributed by atoms with Gasteiger partial charge in [0, 0.05) is 15.7 Å². The molecule has 2 aromatic carbocycles. The maximum atomic E-state index is 13.5. The fourth-order valence-electron chi connectivity index (χ4n) is 1.40. The Balaban J connectivity index is 2.09. The van der Waals surface area contributed by atoms with Crippen LogP contribution in [0.2, 0.25) is 5.02 Å². The van der Waals surface area contributed by atoms with Crippen molar-refractivity contribution in [1.82, 2.24) is 0 Å². The van der Waals surface area contributed by atoms with E-state index >= 15 is 0 Å². The molecule has 2 aromatic rings. The molecule has 0 heterocycles. The number of benzene rings is 2. The lowest BCUT2D eigenvalue weighted by molar-refractivity contribution is 0.617. The first-order valence-corrected chi connectivity index (χ1v) is 6.54. The van der Waals surface area contributed by atoms with Gasteiger partial charge in [-0.05, 0) is 35.9 Å². The average Bonchev–Trinajstić information content (AvgIpc) is 2.32. The zero-order valence-electron chi connectivity index (χ0n) is 9.29. The summed E-state index contributed by atoms with van der Waals surface area (Å²) in [7, 11) is 0. The van der Waals surface area contributed by atoms with Crippen molar-refractivity contribution >= 4 is 29.1 Å². The third-order valence-electron chi connectivity index (χ3n) is 2.38. The van der Waals surface area contributed by atoms with E-state index in [9.17, 15) is 8.78 Å². The molecule has 0 amide bonds. The molecule has 0 aliphatic heterocycles. The Hall–Kier alpha value is -1.26. The summed E-state index contributed by atoms with van der Waals surface area (Å²) in [6.07, 6.45) is 0. The highest BCUT2D eigenvalue weighted by Crippen LogP contribution is 2.27. The number of nitrogens with two attached hydrogens (primary N) is 1. The van der Waals surface area contributed by atoms with Crippen LogP contribution in [0.15, 0.2) is 41.3 Å². The van der Waals surface area contributed by atoms with E-state index in [1.165, 1.54) is 30.0 Å². The average molecular weight is 286 g/mol. The summed E-state index contributed by atoms with van der Waals surface area (Å²) in [5.74, 6) is -0.408. The van der Waals surface area contributed by atoms with Crippen LogP contribution in [0.4, 0.5) is 14.5 Å². The van der Waals surface area contributed by atoms with Crippen molar-refractivity contribution in [3.63, 3.8) is 0 Å². The monoisotopic (exact) mass is 285 g/mol. The van der Waals surface area contributed by atoms with Gasteiger partial charge in [-0.2, -0.15) is 0 Å². The number of rotatable bonds is 3. The molecule has 0 spiro atoms. The topological polar surface area (TPSA) is 26.0 Å². The van der Waals surface area contributed by atoms with Crippen molar-refractivity contribution in [1.29, 1.82) is 0 Å². The molecule has 2 N–H and O–H groups in total. The largest absolute Gasteiger partial charge is 0.396 e. The van der Waals surface area contributed by atoms with E-state index in [1.807, 2.05) is 0 Å². The normalized spacial score (nSPS) is 10.6. The number of anilines is 1. The van der Waals surface area contributed by atoms with Crippen LogP contribution in [-0.2, 0) is 5.75 Å². The third-order valence-corrected chi connectivity index (χ3v) is 3.66. The molecule has 0 bridgehead atoms. The van der Waals surface area contributed by atoms with E-state index in [1.54, 1.807) is 18.2 Å². The summed E-state index contributed by atoms with van der Waals surface area (Å²) < 4.78 is 26.7. The molecule has 0 fully saturated rings. The van der Waals surface area contributed by atoms with E-state index in [-0.39, 0.29) is 11.5 Å². The molecule has 0 saturated carbocycles. The second kappa shape index (κ2) is 5.59. The first kappa shape index (κ1) is 13.2. The van der Waals surface area contributed by atoms with Crippen LogP contribution in [-0.4, -0.2) is 0 Å². The lowest BCUT2D eigenvalue weighted by Gasteiger charge is -2.05. The van der Waals surface area contributed by atoms with Gasteiger partial charge >= 0.3 is 0 Å². The van der Waals surface area contributed by atoms with Crippen molar-refractivity contribution in [3.05, 3.63) is 58.6 Å². The van der Waals surface area contributed by atoms with Crippen molar-refractivity contribution in [2.45, 2.75) is 10.6 Å². The summed E-state index contributed by atoms with van der Waals surface area (Å²) in [4.78, 5) is 0.705. The van der Waals surface area contributed by atoms with E-state index in [4.69, 9.17) is 17.3 Å².